The maximum absolute atomic E-state index is 9.55. The van der Waals surface area contributed by atoms with E-state index in [1.807, 2.05) is 31.2 Å². The third-order valence-corrected chi connectivity index (χ3v) is 3.35. The van der Waals surface area contributed by atoms with E-state index in [0.717, 1.165) is 5.56 Å². The molecule has 1 aromatic carbocycles. The highest BCUT2D eigenvalue weighted by atomic mass is 16.5. The van der Waals surface area contributed by atoms with E-state index in [4.69, 9.17) is 4.52 Å². The van der Waals surface area contributed by atoms with Crippen LogP contribution in [0.15, 0.2) is 28.8 Å². The van der Waals surface area contributed by atoms with Gasteiger partial charge >= 0.3 is 0 Å². The predicted octanol–water partition coefficient (Wildman–Crippen LogP) is 2.64. The lowest BCUT2D eigenvalue weighted by atomic mass is 10.1. The maximum Gasteiger partial charge on any atom is 0.241 e. The molecule has 1 atom stereocenters. The smallest absolute Gasteiger partial charge is 0.241 e. The molecule has 1 heterocycles. The van der Waals surface area contributed by atoms with Crippen LogP contribution in [0.2, 0.25) is 0 Å². The minimum absolute atomic E-state index is 0.300. The second-order valence-electron chi connectivity index (χ2n) is 5.75. The Bertz CT molecular complexity index is 561. The molecule has 1 unspecified atom stereocenters. The molecule has 0 fully saturated rings. The number of aliphatic hydroxyl groups is 1. The summed E-state index contributed by atoms with van der Waals surface area (Å²) in [5.74, 6) is 1.17. The number of rotatable bonds is 6. The highest BCUT2D eigenvalue weighted by molar-refractivity contribution is 5.54. The van der Waals surface area contributed by atoms with Crippen molar-refractivity contribution in [2.45, 2.75) is 46.4 Å². The van der Waals surface area contributed by atoms with Crippen molar-refractivity contribution in [1.29, 1.82) is 0 Å². The van der Waals surface area contributed by atoms with E-state index in [9.17, 15) is 5.11 Å². The molecule has 2 rings (SSSR count). The van der Waals surface area contributed by atoms with Crippen LogP contribution in [-0.2, 0) is 6.54 Å². The summed E-state index contributed by atoms with van der Waals surface area (Å²) in [5, 5.41) is 13.6. The summed E-state index contributed by atoms with van der Waals surface area (Å²) in [5.41, 5.74) is 2.15. The van der Waals surface area contributed by atoms with Gasteiger partial charge < -0.3 is 9.63 Å². The molecule has 0 aliphatic carbocycles. The zero-order valence-electron chi connectivity index (χ0n) is 13.1. The fourth-order valence-corrected chi connectivity index (χ4v) is 2.11. The molecule has 5 nitrogen and oxygen atoms in total. The van der Waals surface area contributed by atoms with Gasteiger partial charge in [0.15, 0.2) is 0 Å². The minimum atomic E-state index is -0.383. The first kappa shape index (κ1) is 15.7. The van der Waals surface area contributed by atoms with Crippen molar-refractivity contribution in [1.82, 2.24) is 15.0 Å². The molecule has 0 amide bonds. The first-order chi connectivity index (χ1) is 9.95. The van der Waals surface area contributed by atoms with Crippen molar-refractivity contribution in [3.8, 4) is 11.4 Å². The summed E-state index contributed by atoms with van der Waals surface area (Å²) < 4.78 is 5.33. The normalized spacial score (nSPS) is 13.1. The van der Waals surface area contributed by atoms with Gasteiger partial charge in [0.1, 0.15) is 0 Å². The summed E-state index contributed by atoms with van der Waals surface area (Å²) in [6.07, 6.45) is -0.383. The average molecular weight is 289 g/mol. The molecule has 21 heavy (non-hydrogen) atoms. The van der Waals surface area contributed by atoms with Gasteiger partial charge in [0.05, 0.1) is 12.6 Å². The summed E-state index contributed by atoms with van der Waals surface area (Å²) in [7, 11) is 0. The van der Waals surface area contributed by atoms with Crippen molar-refractivity contribution in [3.63, 3.8) is 0 Å². The first-order valence-electron chi connectivity index (χ1n) is 7.27. The number of nitrogens with zero attached hydrogens (tertiary/aromatic N) is 3. The molecule has 0 radical (unpaired) electrons. The summed E-state index contributed by atoms with van der Waals surface area (Å²) in [6, 6.07) is 8.33. The van der Waals surface area contributed by atoms with Gasteiger partial charge in [-0.1, -0.05) is 35.0 Å². The third-order valence-electron chi connectivity index (χ3n) is 3.35. The van der Waals surface area contributed by atoms with Gasteiger partial charge in [-0.15, -0.1) is 0 Å². The quantitative estimate of drug-likeness (QED) is 0.885. The van der Waals surface area contributed by atoms with Crippen LogP contribution >= 0.6 is 0 Å². The van der Waals surface area contributed by atoms with Gasteiger partial charge in [-0.05, 0) is 27.7 Å². The molecule has 0 spiro atoms. The molecule has 1 N–H and O–H groups in total. The van der Waals surface area contributed by atoms with Gasteiger partial charge in [-0.2, -0.15) is 4.98 Å². The Balaban J connectivity index is 2.10. The van der Waals surface area contributed by atoms with Crippen molar-refractivity contribution >= 4 is 0 Å². The van der Waals surface area contributed by atoms with Gasteiger partial charge in [0, 0.05) is 18.2 Å². The van der Waals surface area contributed by atoms with Crippen molar-refractivity contribution in [3.05, 3.63) is 35.7 Å². The zero-order chi connectivity index (χ0) is 15.4. The van der Waals surface area contributed by atoms with Crippen LogP contribution in [-0.4, -0.2) is 38.8 Å². The molecule has 1 aromatic heterocycles. The highest BCUT2D eigenvalue weighted by Crippen LogP contribution is 2.17. The average Bonchev–Trinajstić information content (AvgIpc) is 2.87. The third kappa shape index (κ3) is 4.37. The van der Waals surface area contributed by atoms with Crippen LogP contribution in [0.3, 0.4) is 0 Å². The summed E-state index contributed by atoms with van der Waals surface area (Å²) in [4.78, 5) is 6.55. The predicted molar refractivity (Wildman–Crippen MR) is 81.7 cm³/mol. The molecule has 0 aliphatic heterocycles. The number of aromatic nitrogens is 2. The van der Waals surface area contributed by atoms with Crippen LogP contribution in [0.1, 0.15) is 32.2 Å². The van der Waals surface area contributed by atoms with E-state index >= 15 is 0 Å². The van der Waals surface area contributed by atoms with Crippen LogP contribution in [0.5, 0.6) is 0 Å². The lowest BCUT2D eigenvalue weighted by molar-refractivity contribution is 0.0943. The van der Waals surface area contributed by atoms with Crippen molar-refractivity contribution in [2.24, 2.45) is 0 Å². The lowest BCUT2D eigenvalue weighted by Gasteiger charge is -2.25. The van der Waals surface area contributed by atoms with Crippen LogP contribution in [0.25, 0.3) is 11.4 Å². The molecule has 0 aliphatic rings. The van der Waals surface area contributed by atoms with Crippen molar-refractivity contribution < 1.29 is 9.63 Å². The fourth-order valence-electron chi connectivity index (χ4n) is 2.11. The largest absolute Gasteiger partial charge is 0.392 e. The Morgan fingerprint density at radius 2 is 1.86 bits per heavy atom. The minimum Gasteiger partial charge on any atom is -0.392 e. The Hall–Kier alpha value is -1.72. The van der Waals surface area contributed by atoms with E-state index in [1.54, 1.807) is 6.92 Å². The van der Waals surface area contributed by atoms with Gasteiger partial charge in [-0.25, -0.2) is 0 Å². The zero-order valence-corrected chi connectivity index (χ0v) is 13.1. The summed E-state index contributed by atoms with van der Waals surface area (Å²) in [6.45, 7) is 9.11. The van der Waals surface area contributed by atoms with E-state index < -0.39 is 0 Å². The van der Waals surface area contributed by atoms with E-state index in [-0.39, 0.29) is 6.10 Å². The number of hydrogen-bond donors (Lipinski definition) is 1. The number of benzene rings is 1. The van der Waals surface area contributed by atoms with Gasteiger partial charge in [0.2, 0.25) is 11.7 Å². The SMILES string of the molecule is Cc1ccc(-c2noc(CN(CC(C)O)C(C)C)n2)cc1. The molecule has 0 bridgehead atoms. The highest BCUT2D eigenvalue weighted by Gasteiger charge is 2.17. The maximum atomic E-state index is 9.55. The Morgan fingerprint density at radius 3 is 2.43 bits per heavy atom. The number of aliphatic hydroxyl groups excluding tert-OH is 1. The van der Waals surface area contributed by atoms with Gasteiger partial charge in [-0.3, -0.25) is 4.90 Å². The van der Waals surface area contributed by atoms with Gasteiger partial charge in [0.25, 0.3) is 0 Å². The number of hydrogen-bond acceptors (Lipinski definition) is 5. The second kappa shape index (κ2) is 6.83. The lowest BCUT2D eigenvalue weighted by Crippen LogP contribution is -2.36. The molecule has 5 heteroatoms. The second-order valence-corrected chi connectivity index (χ2v) is 5.75. The Labute approximate surface area is 125 Å². The molecule has 0 saturated heterocycles. The van der Waals surface area contributed by atoms with E-state index in [0.29, 0.717) is 30.8 Å². The van der Waals surface area contributed by atoms with E-state index in [1.165, 1.54) is 5.56 Å². The monoisotopic (exact) mass is 289 g/mol. The number of aryl methyl sites for hydroxylation is 1. The first-order valence-corrected chi connectivity index (χ1v) is 7.27. The van der Waals surface area contributed by atoms with Crippen LogP contribution < -0.4 is 0 Å². The molecular formula is C16H23N3O2. The van der Waals surface area contributed by atoms with Crippen LogP contribution in [0, 0.1) is 6.92 Å². The van der Waals surface area contributed by atoms with Crippen LogP contribution in [0.4, 0.5) is 0 Å². The summed E-state index contributed by atoms with van der Waals surface area (Å²) >= 11 is 0. The standard InChI is InChI=1S/C16H23N3O2/c1-11(2)19(9-13(4)20)10-15-17-16(18-21-15)14-7-5-12(3)6-8-14/h5-8,11,13,20H,9-10H2,1-4H3. The molecule has 0 saturated carbocycles. The topological polar surface area (TPSA) is 62.4 Å². The molecule has 2 aromatic rings. The Morgan fingerprint density at radius 1 is 1.19 bits per heavy atom. The fraction of sp³-hybridized carbons (Fsp3) is 0.500. The van der Waals surface area contributed by atoms with E-state index in [2.05, 4.69) is 28.9 Å². The van der Waals surface area contributed by atoms with Crippen molar-refractivity contribution in [2.75, 3.05) is 6.54 Å². The Kier molecular flexibility index (Phi) is 5.09. The molecular weight excluding hydrogens is 266 g/mol. The molecule has 114 valence electrons.